The summed E-state index contributed by atoms with van der Waals surface area (Å²) < 4.78 is 43.1. The van der Waals surface area contributed by atoms with E-state index in [1.54, 1.807) is 42.5 Å². The van der Waals surface area contributed by atoms with Crippen LogP contribution in [0, 0.1) is 30.3 Å². The molecule has 0 spiro atoms. The first-order valence-electron chi connectivity index (χ1n) is 11.0. The summed E-state index contributed by atoms with van der Waals surface area (Å²) in [5.41, 5.74) is 3.35. The Bertz CT molecular complexity index is 1090. The number of hydrogen-bond acceptors (Lipinski definition) is 0. The zero-order chi connectivity index (χ0) is 22.0. The van der Waals surface area contributed by atoms with E-state index in [0.717, 1.165) is 36.8 Å². The van der Waals surface area contributed by atoms with Crippen molar-refractivity contribution in [3.05, 3.63) is 95.3 Å². The van der Waals surface area contributed by atoms with Gasteiger partial charge in [0.25, 0.3) is 0 Å². The lowest BCUT2D eigenvalue weighted by Gasteiger charge is -2.27. The molecule has 1 aliphatic carbocycles. The van der Waals surface area contributed by atoms with Crippen molar-refractivity contribution in [1.29, 1.82) is 0 Å². The van der Waals surface area contributed by atoms with Gasteiger partial charge in [-0.15, -0.1) is 0 Å². The maximum atomic E-state index is 15.0. The van der Waals surface area contributed by atoms with Crippen molar-refractivity contribution in [2.24, 2.45) is 5.92 Å². The molecule has 0 N–H and O–H groups in total. The minimum absolute atomic E-state index is 0.207. The van der Waals surface area contributed by atoms with Crippen LogP contribution in [0.4, 0.5) is 13.2 Å². The third-order valence-electron chi connectivity index (χ3n) is 6.48. The van der Waals surface area contributed by atoms with Gasteiger partial charge in [-0.1, -0.05) is 60.7 Å². The third kappa shape index (κ3) is 4.46. The van der Waals surface area contributed by atoms with Gasteiger partial charge in [0.2, 0.25) is 0 Å². The van der Waals surface area contributed by atoms with E-state index >= 15 is 0 Å². The second-order valence-electron chi connectivity index (χ2n) is 8.51. The highest BCUT2D eigenvalue weighted by Gasteiger charge is 2.22. The number of aryl methyl sites for hydroxylation is 1. The molecular weight excluding hydrogens is 393 g/mol. The molecule has 1 fully saturated rings. The molecule has 0 bridgehead atoms. The minimum atomic E-state index is -0.854. The van der Waals surface area contributed by atoms with E-state index in [2.05, 4.69) is 19.1 Å². The van der Waals surface area contributed by atoms with Gasteiger partial charge in [0.05, 0.1) is 0 Å². The van der Waals surface area contributed by atoms with E-state index in [-0.39, 0.29) is 16.9 Å². The fourth-order valence-corrected chi connectivity index (χ4v) is 4.63. The standard InChI is InChI=1S/C28H27F3/c1-3-4-19-6-8-20(9-7-19)23-14-16-24(26(29)17-23)21-10-12-22(13-11-21)25-15-5-18(2)27(30)28(25)31/h3-5,10-17,19-20H,6-9H2,1-2H3. The van der Waals surface area contributed by atoms with Crippen molar-refractivity contribution in [3.8, 4) is 22.3 Å². The first-order valence-corrected chi connectivity index (χ1v) is 11.0. The minimum Gasteiger partial charge on any atom is -0.206 e. The van der Waals surface area contributed by atoms with Crippen LogP contribution in [0.5, 0.6) is 0 Å². The predicted molar refractivity (Wildman–Crippen MR) is 121 cm³/mol. The van der Waals surface area contributed by atoms with E-state index in [4.69, 9.17) is 0 Å². The summed E-state index contributed by atoms with van der Waals surface area (Å²) >= 11 is 0. The highest BCUT2D eigenvalue weighted by Crippen LogP contribution is 2.38. The molecule has 0 aliphatic heterocycles. The zero-order valence-corrected chi connectivity index (χ0v) is 18.0. The van der Waals surface area contributed by atoms with Gasteiger partial charge in [-0.3, -0.25) is 0 Å². The van der Waals surface area contributed by atoms with E-state index in [0.29, 0.717) is 23.0 Å². The fourth-order valence-electron chi connectivity index (χ4n) is 4.63. The van der Waals surface area contributed by atoms with Crippen molar-refractivity contribution in [3.63, 3.8) is 0 Å². The van der Waals surface area contributed by atoms with Gasteiger partial charge in [0.15, 0.2) is 11.6 Å². The zero-order valence-electron chi connectivity index (χ0n) is 18.0. The van der Waals surface area contributed by atoms with Gasteiger partial charge in [0.1, 0.15) is 5.82 Å². The quantitative estimate of drug-likeness (QED) is 0.371. The van der Waals surface area contributed by atoms with E-state index < -0.39 is 11.6 Å². The molecule has 31 heavy (non-hydrogen) atoms. The summed E-state index contributed by atoms with van der Waals surface area (Å²) in [4.78, 5) is 0. The van der Waals surface area contributed by atoms with Crippen LogP contribution in [-0.4, -0.2) is 0 Å². The summed E-state index contributed by atoms with van der Waals surface area (Å²) in [6.07, 6.45) is 8.86. The Labute approximate surface area is 182 Å². The summed E-state index contributed by atoms with van der Waals surface area (Å²) in [6, 6.07) is 15.6. The van der Waals surface area contributed by atoms with Crippen LogP contribution in [0.1, 0.15) is 49.7 Å². The Hall–Kier alpha value is -2.81. The van der Waals surface area contributed by atoms with Crippen molar-refractivity contribution >= 4 is 0 Å². The maximum Gasteiger partial charge on any atom is 0.166 e. The summed E-state index contributed by atoms with van der Waals surface area (Å²) in [5, 5.41) is 0. The Morgan fingerprint density at radius 2 is 1.35 bits per heavy atom. The SMILES string of the molecule is CC=CC1CCC(c2ccc(-c3ccc(-c4ccc(C)c(F)c4F)cc3)c(F)c2)CC1. The molecule has 4 rings (SSSR count). The Morgan fingerprint density at radius 1 is 0.742 bits per heavy atom. The van der Waals surface area contributed by atoms with Crippen molar-refractivity contribution in [2.75, 3.05) is 0 Å². The smallest absolute Gasteiger partial charge is 0.166 e. The number of rotatable bonds is 4. The lowest BCUT2D eigenvalue weighted by molar-refractivity contribution is 0.375. The molecule has 0 atom stereocenters. The van der Waals surface area contributed by atoms with Gasteiger partial charge in [-0.05, 0) is 79.7 Å². The van der Waals surface area contributed by atoms with Gasteiger partial charge >= 0.3 is 0 Å². The van der Waals surface area contributed by atoms with Gasteiger partial charge in [0, 0.05) is 11.1 Å². The summed E-state index contributed by atoms with van der Waals surface area (Å²) in [5.74, 6) is -0.869. The molecule has 0 aromatic heterocycles. The van der Waals surface area contributed by atoms with Crippen LogP contribution < -0.4 is 0 Å². The predicted octanol–water partition coefficient (Wildman–Crippen LogP) is 8.60. The molecule has 0 radical (unpaired) electrons. The third-order valence-corrected chi connectivity index (χ3v) is 6.48. The van der Waals surface area contributed by atoms with Crippen molar-refractivity contribution < 1.29 is 13.2 Å². The largest absolute Gasteiger partial charge is 0.206 e. The summed E-state index contributed by atoms with van der Waals surface area (Å²) in [7, 11) is 0. The Kier molecular flexibility index (Phi) is 6.31. The van der Waals surface area contributed by atoms with E-state index in [1.807, 2.05) is 12.1 Å². The van der Waals surface area contributed by atoms with Gasteiger partial charge < -0.3 is 0 Å². The van der Waals surface area contributed by atoms with E-state index in [9.17, 15) is 13.2 Å². The second kappa shape index (κ2) is 9.13. The maximum absolute atomic E-state index is 15.0. The van der Waals surface area contributed by atoms with Gasteiger partial charge in [-0.25, -0.2) is 13.2 Å². The lowest BCUT2D eigenvalue weighted by atomic mass is 9.78. The molecular formula is C28H27F3. The molecule has 3 aromatic carbocycles. The van der Waals surface area contributed by atoms with Crippen LogP contribution in [0.2, 0.25) is 0 Å². The molecule has 0 heterocycles. The van der Waals surface area contributed by atoms with Crippen molar-refractivity contribution in [1.82, 2.24) is 0 Å². The van der Waals surface area contributed by atoms with Crippen LogP contribution in [0.25, 0.3) is 22.3 Å². The molecule has 3 aromatic rings. The van der Waals surface area contributed by atoms with Crippen LogP contribution >= 0.6 is 0 Å². The number of allylic oxidation sites excluding steroid dienone is 2. The molecule has 0 unspecified atom stereocenters. The molecule has 0 saturated heterocycles. The monoisotopic (exact) mass is 420 g/mol. The molecule has 1 saturated carbocycles. The summed E-state index contributed by atoms with van der Waals surface area (Å²) in [6.45, 7) is 3.59. The average Bonchev–Trinajstić information content (AvgIpc) is 2.79. The number of hydrogen-bond donors (Lipinski definition) is 0. The molecule has 1 aliphatic rings. The Morgan fingerprint density at radius 3 is 1.97 bits per heavy atom. The second-order valence-corrected chi connectivity index (χ2v) is 8.51. The average molecular weight is 421 g/mol. The topological polar surface area (TPSA) is 0 Å². The fraction of sp³-hybridized carbons (Fsp3) is 0.286. The normalized spacial score (nSPS) is 19.1. The number of benzene rings is 3. The molecule has 0 nitrogen and oxygen atoms in total. The highest BCUT2D eigenvalue weighted by molar-refractivity contribution is 5.71. The van der Waals surface area contributed by atoms with Crippen LogP contribution in [0.3, 0.4) is 0 Å². The first kappa shape index (κ1) is 21.4. The molecule has 0 amide bonds. The van der Waals surface area contributed by atoms with Crippen LogP contribution in [-0.2, 0) is 0 Å². The molecule has 160 valence electrons. The Balaban J connectivity index is 1.53. The number of halogens is 3. The van der Waals surface area contributed by atoms with Crippen molar-refractivity contribution in [2.45, 2.75) is 45.4 Å². The van der Waals surface area contributed by atoms with Crippen LogP contribution in [0.15, 0.2) is 66.7 Å². The lowest BCUT2D eigenvalue weighted by Crippen LogP contribution is -2.12. The van der Waals surface area contributed by atoms with E-state index in [1.165, 1.54) is 6.92 Å². The molecule has 3 heteroatoms. The van der Waals surface area contributed by atoms with Gasteiger partial charge in [-0.2, -0.15) is 0 Å². The highest BCUT2D eigenvalue weighted by atomic mass is 19.2. The first-order chi connectivity index (χ1) is 15.0.